The minimum Gasteiger partial charge on any atom is -0.493 e. The molecule has 0 bridgehead atoms. The first-order valence-electron chi connectivity index (χ1n) is 7.39. The van der Waals surface area contributed by atoms with Crippen LogP contribution in [-0.4, -0.2) is 12.9 Å². The van der Waals surface area contributed by atoms with Crippen LogP contribution in [-0.2, 0) is 0 Å². The number of rotatable bonds is 4. The predicted molar refractivity (Wildman–Crippen MR) is 89.3 cm³/mol. The molecule has 0 unspecified atom stereocenters. The summed E-state index contributed by atoms with van der Waals surface area (Å²) in [4.78, 5) is 11.1. The molecular weight excluding hydrogens is 272 g/mol. The van der Waals surface area contributed by atoms with Crippen LogP contribution in [0, 0.1) is 24.7 Å². The lowest BCUT2D eigenvalue weighted by Crippen LogP contribution is -2.06. The molecule has 0 atom stereocenters. The average Bonchev–Trinajstić information content (AvgIpc) is 2.52. The maximum absolute atomic E-state index is 11.1. The van der Waals surface area contributed by atoms with E-state index in [1.165, 1.54) is 5.56 Å². The van der Waals surface area contributed by atoms with Gasteiger partial charge >= 0.3 is 0 Å². The van der Waals surface area contributed by atoms with Crippen LogP contribution in [0.15, 0.2) is 42.5 Å². The van der Waals surface area contributed by atoms with E-state index in [-0.39, 0.29) is 0 Å². The van der Waals surface area contributed by atoms with E-state index >= 15 is 0 Å². The van der Waals surface area contributed by atoms with Gasteiger partial charge in [0.15, 0.2) is 6.29 Å². The fourth-order valence-electron chi connectivity index (χ4n) is 1.87. The molecule has 0 aliphatic rings. The van der Waals surface area contributed by atoms with Crippen molar-refractivity contribution in [1.82, 2.24) is 0 Å². The Morgan fingerprint density at radius 1 is 1.05 bits per heavy atom. The van der Waals surface area contributed by atoms with Crippen LogP contribution in [0.4, 0.5) is 0 Å². The van der Waals surface area contributed by atoms with Gasteiger partial charge in [-0.3, -0.25) is 4.79 Å². The predicted octanol–water partition coefficient (Wildman–Crippen LogP) is 4.24. The van der Waals surface area contributed by atoms with E-state index in [1.807, 2.05) is 43.3 Å². The largest absolute Gasteiger partial charge is 0.493 e. The molecule has 2 nitrogen and oxygen atoms in total. The lowest BCUT2D eigenvalue weighted by Gasteiger charge is -2.10. The third kappa shape index (κ3) is 4.49. The Kier molecular flexibility index (Phi) is 5.38. The second kappa shape index (κ2) is 7.47. The standard InChI is InChI=1S/C20H20O2/c1-15(2)14-22-20-12-18(10-11-19(20)13-21)9-8-17-6-4-16(3)5-7-17/h4-7,10-13,15H,14H2,1-3H3. The summed E-state index contributed by atoms with van der Waals surface area (Å²) in [7, 11) is 0. The molecule has 0 amide bonds. The molecule has 0 heterocycles. The number of carbonyl (C=O) groups is 1. The number of carbonyl (C=O) groups excluding carboxylic acids is 1. The van der Waals surface area contributed by atoms with E-state index in [0.717, 1.165) is 17.4 Å². The van der Waals surface area contributed by atoms with Crippen molar-refractivity contribution in [1.29, 1.82) is 0 Å². The number of hydrogen-bond acceptors (Lipinski definition) is 2. The zero-order chi connectivity index (χ0) is 15.9. The van der Waals surface area contributed by atoms with Crippen LogP contribution in [0.2, 0.25) is 0 Å². The summed E-state index contributed by atoms with van der Waals surface area (Å²) in [5.41, 5.74) is 3.58. The summed E-state index contributed by atoms with van der Waals surface area (Å²) in [6, 6.07) is 13.5. The van der Waals surface area contributed by atoms with Crippen molar-refractivity contribution < 1.29 is 9.53 Å². The van der Waals surface area contributed by atoms with Crippen LogP contribution in [0.3, 0.4) is 0 Å². The van der Waals surface area contributed by atoms with Crippen LogP contribution in [0.1, 0.15) is 40.9 Å². The van der Waals surface area contributed by atoms with E-state index in [9.17, 15) is 4.79 Å². The summed E-state index contributed by atoms with van der Waals surface area (Å²) in [5.74, 6) is 7.24. The van der Waals surface area contributed by atoms with Crippen LogP contribution in [0.25, 0.3) is 0 Å². The van der Waals surface area contributed by atoms with Crippen molar-refractivity contribution in [3.63, 3.8) is 0 Å². The Labute approximate surface area is 132 Å². The molecule has 2 aromatic rings. The third-order valence-corrected chi connectivity index (χ3v) is 3.12. The van der Waals surface area contributed by atoms with Crippen molar-refractivity contribution in [3.8, 4) is 17.6 Å². The zero-order valence-corrected chi connectivity index (χ0v) is 13.2. The number of benzene rings is 2. The maximum Gasteiger partial charge on any atom is 0.153 e. The number of aryl methyl sites for hydroxylation is 1. The lowest BCUT2D eigenvalue weighted by atomic mass is 10.1. The Hall–Kier alpha value is -2.53. The summed E-state index contributed by atoms with van der Waals surface area (Å²) in [5, 5.41) is 0. The van der Waals surface area contributed by atoms with Crippen molar-refractivity contribution in [2.75, 3.05) is 6.61 Å². The lowest BCUT2D eigenvalue weighted by molar-refractivity contribution is 0.111. The SMILES string of the molecule is Cc1ccc(C#Cc2ccc(C=O)c(OCC(C)C)c2)cc1. The molecular formula is C20H20O2. The topological polar surface area (TPSA) is 26.3 Å². The van der Waals surface area contributed by atoms with Gasteiger partial charge in [0.05, 0.1) is 12.2 Å². The fraction of sp³-hybridized carbons (Fsp3) is 0.250. The number of hydrogen-bond donors (Lipinski definition) is 0. The monoisotopic (exact) mass is 292 g/mol. The smallest absolute Gasteiger partial charge is 0.153 e. The van der Waals surface area contributed by atoms with Gasteiger partial charge in [0.25, 0.3) is 0 Å². The van der Waals surface area contributed by atoms with Crippen LogP contribution < -0.4 is 4.74 Å². The highest BCUT2D eigenvalue weighted by molar-refractivity contribution is 5.79. The van der Waals surface area contributed by atoms with Gasteiger partial charge in [-0.1, -0.05) is 43.4 Å². The highest BCUT2D eigenvalue weighted by Crippen LogP contribution is 2.19. The van der Waals surface area contributed by atoms with Gasteiger partial charge in [0.2, 0.25) is 0 Å². The molecule has 0 aromatic heterocycles. The van der Waals surface area contributed by atoms with Gasteiger partial charge in [-0.15, -0.1) is 0 Å². The van der Waals surface area contributed by atoms with Crippen molar-refractivity contribution >= 4 is 6.29 Å². The van der Waals surface area contributed by atoms with E-state index < -0.39 is 0 Å². The Bertz CT molecular complexity index is 701. The van der Waals surface area contributed by atoms with Crippen molar-refractivity contribution in [3.05, 3.63) is 64.7 Å². The molecule has 2 rings (SSSR count). The quantitative estimate of drug-likeness (QED) is 0.622. The molecule has 22 heavy (non-hydrogen) atoms. The minimum absolute atomic E-state index is 0.404. The molecule has 0 saturated heterocycles. The van der Waals surface area contributed by atoms with Gasteiger partial charge in [0.1, 0.15) is 5.75 Å². The molecule has 0 fully saturated rings. The van der Waals surface area contributed by atoms with E-state index in [0.29, 0.717) is 23.8 Å². The van der Waals surface area contributed by atoms with E-state index in [1.54, 1.807) is 6.07 Å². The highest BCUT2D eigenvalue weighted by Gasteiger charge is 2.05. The Morgan fingerprint density at radius 2 is 1.68 bits per heavy atom. The second-order valence-corrected chi connectivity index (χ2v) is 5.69. The average molecular weight is 292 g/mol. The Morgan fingerprint density at radius 3 is 2.32 bits per heavy atom. The first-order chi connectivity index (χ1) is 10.6. The molecule has 0 aliphatic heterocycles. The molecule has 2 aromatic carbocycles. The van der Waals surface area contributed by atoms with Gasteiger partial charge in [0, 0.05) is 11.1 Å². The van der Waals surface area contributed by atoms with Crippen LogP contribution in [0.5, 0.6) is 5.75 Å². The summed E-state index contributed by atoms with van der Waals surface area (Å²) in [6.45, 7) is 6.77. The molecule has 0 N–H and O–H groups in total. The maximum atomic E-state index is 11.1. The van der Waals surface area contributed by atoms with E-state index in [4.69, 9.17) is 4.74 Å². The van der Waals surface area contributed by atoms with E-state index in [2.05, 4.69) is 25.7 Å². The van der Waals surface area contributed by atoms with Gasteiger partial charge in [-0.2, -0.15) is 0 Å². The third-order valence-electron chi connectivity index (χ3n) is 3.12. The van der Waals surface area contributed by atoms with Gasteiger partial charge < -0.3 is 4.74 Å². The summed E-state index contributed by atoms with van der Waals surface area (Å²) >= 11 is 0. The summed E-state index contributed by atoms with van der Waals surface area (Å²) < 4.78 is 5.70. The summed E-state index contributed by atoms with van der Waals surface area (Å²) in [6.07, 6.45) is 0.812. The molecule has 0 spiro atoms. The van der Waals surface area contributed by atoms with Crippen molar-refractivity contribution in [2.24, 2.45) is 5.92 Å². The molecule has 0 aliphatic carbocycles. The Balaban J connectivity index is 2.23. The normalized spacial score (nSPS) is 10.0. The highest BCUT2D eigenvalue weighted by atomic mass is 16.5. The fourth-order valence-corrected chi connectivity index (χ4v) is 1.87. The molecule has 0 saturated carbocycles. The molecule has 112 valence electrons. The van der Waals surface area contributed by atoms with Gasteiger partial charge in [-0.05, 0) is 43.2 Å². The van der Waals surface area contributed by atoms with Gasteiger partial charge in [-0.25, -0.2) is 0 Å². The first-order valence-corrected chi connectivity index (χ1v) is 7.39. The minimum atomic E-state index is 0.404. The molecule has 0 radical (unpaired) electrons. The number of aldehydes is 1. The zero-order valence-electron chi connectivity index (χ0n) is 13.2. The molecule has 2 heteroatoms. The second-order valence-electron chi connectivity index (χ2n) is 5.69. The first kappa shape index (κ1) is 15.9. The van der Waals surface area contributed by atoms with Crippen molar-refractivity contribution in [2.45, 2.75) is 20.8 Å². The number of ether oxygens (including phenoxy) is 1. The van der Waals surface area contributed by atoms with Crippen LogP contribution >= 0.6 is 0 Å².